The SMILES string of the molecule is CC(C)(C)c1csc(CNCC2CC2)n1. The Kier molecular flexibility index (Phi) is 3.12. The summed E-state index contributed by atoms with van der Waals surface area (Å²) in [4.78, 5) is 4.65. The van der Waals surface area contributed by atoms with Gasteiger partial charge in [0.15, 0.2) is 0 Å². The first kappa shape index (κ1) is 11.1. The van der Waals surface area contributed by atoms with E-state index >= 15 is 0 Å². The van der Waals surface area contributed by atoms with E-state index in [9.17, 15) is 0 Å². The van der Waals surface area contributed by atoms with Gasteiger partial charge in [0.25, 0.3) is 0 Å². The van der Waals surface area contributed by atoms with Crippen LogP contribution in [0.2, 0.25) is 0 Å². The number of aromatic nitrogens is 1. The quantitative estimate of drug-likeness (QED) is 0.850. The fourth-order valence-electron chi connectivity index (χ4n) is 1.44. The van der Waals surface area contributed by atoms with E-state index in [-0.39, 0.29) is 5.41 Å². The van der Waals surface area contributed by atoms with E-state index in [1.54, 1.807) is 11.3 Å². The molecule has 0 atom stereocenters. The second kappa shape index (κ2) is 4.22. The number of hydrogen-bond donors (Lipinski definition) is 1. The van der Waals surface area contributed by atoms with Crippen LogP contribution in [0.15, 0.2) is 5.38 Å². The molecule has 0 spiro atoms. The minimum Gasteiger partial charge on any atom is -0.310 e. The molecule has 2 rings (SSSR count). The summed E-state index contributed by atoms with van der Waals surface area (Å²) in [6.07, 6.45) is 2.83. The lowest BCUT2D eigenvalue weighted by molar-refractivity contribution is 0.567. The van der Waals surface area contributed by atoms with Gasteiger partial charge in [0.1, 0.15) is 5.01 Å². The summed E-state index contributed by atoms with van der Waals surface area (Å²) in [5, 5.41) is 6.89. The van der Waals surface area contributed by atoms with Crippen molar-refractivity contribution in [1.29, 1.82) is 0 Å². The monoisotopic (exact) mass is 224 g/mol. The third kappa shape index (κ3) is 3.28. The van der Waals surface area contributed by atoms with Crippen molar-refractivity contribution in [3.8, 4) is 0 Å². The Bertz CT molecular complexity index is 321. The van der Waals surface area contributed by atoms with Gasteiger partial charge in [-0.3, -0.25) is 0 Å². The molecular weight excluding hydrogens is 204 g/mol. The maximum Gasteiger partial charge on any atom is 0.107 e. The summed E-state index contributed by atoms with van der Waals surface area (Å²) >= 11 is 1.77. The number of hydrogen-bond acceptors (Lipinski definition) is 3. The first-order valence-electron chi connectivity index (χ1n) is 5.71. The van der Waals surface area contributed by atoms with E-state index < -0.39 is 0 Å². The molecule has 0 aliphatic heterocycles. The van der Waals surface area contributed by atoms with Gasteiger partial charge in [-0.1, -0.05) is 20.8 Å². The first-order valence-corrected chi connectivity index (χ1v) is 6.59. The van der Waals surface area contributed by atoms with Crippen molar-refractivity contribution >= 4 is 11.3 Å². The Morgan fingerprint density at radius 2 is 2.20 bits per heavy atom. The van der Waals surface area contributed by atoms with Crippen LogP contribution in [0.1, 0.15) is 44.3 Å². The van der Waals surface area contributed by atoms with Crippen molar-refractivity contribution in [3.05, 3.63) is 16.1 Å². The van der Waals surface area contributed by atoms with Gasteiger partial charge < -0.3 is 5.32 Å². The van der Waals surface area contributed by atoms with Crippen LogP contribution in [0.25, 0.3) is 0 Å². The topological polar surface area (TPSA) is 24.9 Å². The van der Waals surface area contributed by atoms with E-state index in [2.05, 4.69) is 36.5 Å². The van der Waals surface area contributed by atoms with Crippen LogP contribution < -0.4 is 5.32 Å². The molecule has 0 radical (unpaired) electrons. The molecule has 84 valence electrons. The Hall–Kier alpha value is -0.410. The van der Waals surface area contributed by atoms with Gasteiger partial charge in [0.2, 0.25) is 0 Å². The van der Waals surface area contributed by atoms with Gasteiger partial charge in [0, 0.05) is 17.3 Å². The number of thiazole rings is 1. The first-order chi connectivity index (χ1) is 7.05. The second-order valence-corrected chi connectivity index (χ2v) is 6.39. The fourth-order valence-corrected chi connectivity index (χ4v) is 2.43. The highest BCUT2D eigenvalue weighted by Crippen LogP contribution is 2.28. The van der Waals surface area contributed by atoms with Crippen molar-refractivity contribution in [2.75, 3.05) is 6.54 Å². The molecule has 3 heteroatoms. The Labute approximate surface area is 96.1 Å². The van der Waals surface area contributed by atoms with Gasteiger partial charge >= 0.3 is 0 Å². The van der Waals surface area contributed by atoms with Gasteiger partial charge in [0.05, 0.1) is 5.69 Å². The average molecular weight is 224 g/mol. The van der Waals surface area contributed by atoms with E-state index in [0.717, 1.165) is 12.5 Å². The molecule has 1 aromatic rings. The highest BCUT2D eigenvalue weighted by molar-refractivity contribution is 7.09. The molecule has 0 aromatic carbocycles. The molecule has 0 amide bonds. The molecule has 1 aliphatic carbocycles. The van der Waals surface area contributed by atoms with Gasteiger partial charge in [-0.05, 0) is 25.3 Å². The van der Waals surface area contributed by atoms with Crippen LogP contribution >= 0.6 is 11.3 Å². The number of nitrogens with one attached hydrogen (secondary N) is 1. The third-order valence-corrected chi connectivity index (χ3v) is 3.58. The lowest BCUT2D eigenvalue weighted by atomic mass is 9.93. The Balaban J connectivity index is 1.83. The minimum atomic E-state index is 0.186. The van der Waals surface area contributed by atoms with Gasteiger partial charge in [-0.15, -0.1) is 11.3 Å². The zero-order valence-electron chi connectivity index (χ0n) is 9.84. The van der Waals surface area contributed by atoms with Crippen molar-refractivity contribution in [2.24, 2.45) is 5.92 Å². The largest absolute Gasteiger partial charge is 0.310 e. The van der Waals surface area contributed by atoms with Crippen molar-refractivity contribution in [2.45, 2.75) is 45.6 Å². The van der Waals surface area contributed by atoms with E-state index in [0.29, 0.717) is 0 Å². The van der Waals surface area contributed by atoms with Crippen LogP contribution in [-0.2, 0) is 12.0 Å². The molecule has 1 fully saturated rings. The molecule has 1 aliphatic rings. The van der Waals surface area contributed by atoms with Gasteiger partial charge in [-0.25, -0.2) is 4.98 Å². The van der Waals surface area contributed by atoms with Crippen molar-refractivity contribution in [3.63, 3.8) is 0 Å². The summed E-state index contributed by atoms with van der Waals surface area (Å²) < 4.78 is 0. The van der Waals surface area contributed by atoms with E-state index in [1.165, 1.54) is 30.1 Å². The smallest absolute Gasteiger partial charge is 0.107 e. The van der Waals surface area contributed by atoms with Crippen molar-refractivity contribution < 1.29 is 0 Å². The summed E-state index contributed by atoms with van der Waals surface area (Å²) in [6, 6.07) is 0. The maximum atomic E-state index is 4.65. The fraction of sp³-hybridized carbons (Fsp3) is 0.750. The van der Waals surface area contributed by atoms with E-state index in [4.69, 9.17) is 0 Å². The second-order valence-electron chi connectivity index (χ2n) is 5.45. The molecule has 1 aromatic heterocycles. The highest BCUT2D eigenvalue weighted by atomic mass is 32.1. The van der Waals surface area contributed by atoms with Crippen LogP contribution in [0, 0.1) is 5.92 Å². The van der Waals surface area contributed by atoms with Crippen LogP contribution in [-0.4, -0.2) is 11.5 Å². The Morgan fingerprint density at radius 3 is 2.73 bits per heavy atom. The Morgan fingerprint density at radius 1 is 1.47 bits per heavy atom. The molecule has 0 unspecified atom stereocenters. The minimum absolute atomic E-state index is 0.186. The predicted molar refractivity (Wildman–Crippen MR) is 65.2 cm³/mol. The van der Waals surface area contributed by atoms with Crippen LogP contribution in [0.5, 0.6) is 0 Å². The number of nitrogens with zero attached hydrogens (tertiary/aromatic N) is 1. The molecule has 2 nitrogen and oxygen atoms in total. The molecular formula is C12H20N2S. The lowest BCUT2D eigenvalue weighted by Gasteiger charge is -2.14. The highest BCUT2D eigenvalue weighted by Gasteiger charge is 2.21. The third-order valence-electron chi connectivity index (χ3n) is 2.73. The normalized spacial score (nSPS) is 17.0. The van der Waals surface area contributed by atoms with Crippen molar-refractivity contribution in [1.82, 2.24) is 10.3 Å². The van der Waals surface area contributed by atoms with E-state index in [1.807, 2.05) is 0 Å². The molecule has 0 saturated heterocycles. The standard InChI is InChI=1S/C12H20N2S/c1-12(2,3)10-8-15-11(14-10)7-13-6-9-4-5-9/h8-9,13H,4-7H2,1-3H3. The zero-order chi connectivity index (χ0) is 10.9. The van der Waals surface area contributed by atoms with Crippen LogP contribution in [0.4, 0.5) is 0 Å². The molecule has 1 saturated carbocycles. The molecule has 1 heterocycles. The summed E-state index contributed by atoms with van der Waals surface area (Å²) in [7, 11) is 0. The molecule has 15 heavy (non-hydrogen) atoms. The predicted octanol–water partition coefficient (Wildman–Crippen LogP) is 2.94. The average Bonchev–Trinajstić information content (AvgIpc) is 2.80. The van der Waals surface area contributed by atoms with Gasteiger partial charge in [-0.2, -0.15) is 0 Å². The zero-order valence-corrected chi connectivity index (χ0v) is 10.7. The molecule has 0 bridgehead atoms. The summed E-state index contributed by atoms with van der Waals surface area (Å²) in [5.41, 5.74) is 1.40. The lowest BCUT2D eigenvalue weighted by Crippen LogP contribution is -2.17. The molecule has 1 N–H and O–H groups in total. The maximum absolute atomic E-state index is 4.65. The summed E-state index contributed by atoms with van der Waals surface area (Å²) in [6.45, 7) is 8.75. The van der Waals surface area contributed by atoms with Crippen LogP contribution in [0.3, 0.4) is 0 Å². The number of rotatable bonds is 4. The summed E-state index contributed by atoms with van der Waals surface area (Å²) in [5.74, 6) is 0.951.